The van der Waals surface area contributed by atoms with Crippen molar-refractivity contribution < 1.29 is 19.8 Å². The van der Waals surface area contributed by atoms with Crippen LogP contribution in [0.15, 0.2) is 24.5 Å². The first-order chi connectivity index (χ1) is 7.66. The van der Waals surface area contributed by atoms with Crippen molar-refractivity contribution >= 4 is 6.09 Å². The molecule has 0 unspecified atom stereocenters. The fraction of sp³-hybridized carbons (Fsp3) is 0.455. The van der Waals surface area contributed by atoms with E-state index in [9.17, 15) is 10.0 Å². The van der Waals surface area contributed by atoms with Gasteiger partial charge in [-0.05, 0) is 24.8 Å². The minimum Gasteiger partial charge on any atom is -0.465 e. The van der Waals surface area contributed by atoms with Gasteiger partial charge in [0.2, 0.25) is 12.4 Å². The van der Waals surface area contributed by atoms with E-state index in [-0.39, 0.29) is 0 Å². The Morgan fingerprint density at radius 3 is 2.69 bits per heavy atom. The highest BCUT2D eigenvalue weighted by molar-refractivity contribution is 5.65. The molecule has 86 valence electrons. The van der Waals surface area contributed by atoms with Crippen LogP contribution in [-0.4, -0.2) is 34.4 Å². The van der Waals surface area contributed by atoms with Gasteiger partial charge in [-0.3, -0.25) is 5.21 Å². The van der Waals surface area contributed by atoms with Crippen LogP contribution in [0.4, 0.5) is 4.79 Å². The molecule has 2 N–H and O–H groups in total. The molecule has 1 fully saturated rings. The van der Waals surface area contributed by atoms with Crippen LogP contribution >= 0.6 is 0 Å². The molecule has 1 aromatic heterocycles. The smallest absolute Gasteiger partial charge is 0.407 e. The average Bonchev–Trinajstić information content (AvgIpc) is 2.29. The zero-order chi connectivity index (χ0) is 11.5. The lowest BCUT2D eigenvalue weighted by Crippen LogP contribution is -2.37. The summed E-state index contributed by atoms with van der Waals surface area (Å²) < 4.78 is 1.04. The van der Waals surface area contributed by atoms with Crippen molar-refractivity contribution in [1.82, 2.24) is 4.90 Å². The molecular weight excluding hydrogens is 208 g/mol. The molecule has 1 saturated heterocycles. The predicted octanol–water partition coefficient (Wildman–Crippen LogP) is 1.07. The number of rotatable bonds is 1. The molecule has 2 heterocycles. The Bertz CT molecular complexity index is 387. The first-order valence-electron chi connectivity index (χ1n) is 5.35. The molecule has 0 saturated carbocycles. The topological polar surface area (TPSA) is 64.7 Å². The Morgan fingerprint density at radius 1 is 1.44 bits per heavy atom. The molecule has 1 amide bonds. The monoisotopic (exact) mass is 223 g/mol. The molecule has 0 aromatic carbocycles. The maximum Gasteiger partial charge on any atom is 0.407 e. The average molecular weight is 223 g/mol. The van der Waals surface area contributed by atoms with E-state index in [1.807, 2.05) is 6.07 Å². The van der Waals surface area contributed by atoms with E-state index in [4.69, 9.17) is 5.11 Å². The summed E-state index contributed by atoms with van der Waals surface area (Å²) in [6, 6.07) is 3.76. The molecule has 0 atom stereocenters. The van der Waals surface area contributed by atoms with Gasteiger partial charge in [-0.1, -0.05) is 0 Å². The van der Waals surface area contributed by atoms with E-state index < -0.39 is 6.09 Å². The van der Waals surface area contributed by atoms with E-state index in [0.29, 0.717) is 19.0 Å². The lowest BCUT2D eigenvalue weighted by Gasteiger charge is -2.29. The van der Waals surface area contributed by atoms with Crippen molar-refractivity contribution in [2.45, 2.75) is 18.8 Å². The van der Waals surface area contributed by atoms with Crippen LogP contribution in [0, 0.1) is 0 Å². The summed E-state index contributed by atoms with van der Waals surface area (Å²) in [4.78, 5) is 12.2. The molecule has 0 aliphatic carbocycles. The number of carbonyl (C=O) groups is 1. The van der Waals surface area contributed by atoms with Crippen LogP contribution < -0.4 is 4.73 Å². The maximum absolute atomic E-state index is 10.7. The summed E-state index contributed by atoms with van der Waals surface area (Å²) in [5, 5.41) is 18.1. The summed E-state index contributed by atoms with van der Waals surface area (Å²) in [7, 11) is 0. The minimum atomic E-state index is -0.844. The number of amides is 1. The van der Waals surface area contributed by atoms with Gasteiger partial charge in [-0.25, -0.2) is 4.79 Å². The second kappa shape index (κ2) is 4.38. The Morgan fingerprint density at radius 2 is 2.12 bits per heavy atom. The third-order valence-corrected chi connectivity index (χ3v) is 3.05. The number of piperidine rings is 1. The molecule has 5 heteroatoms. The molecular formula is C11H15N2O3+. The summed E-state index contributed by atoms with van der Waals surface area (Å²) >= 11 is 0. The number of nitrogens with zero attached hydrogens (tertiary/aromatic N) is 2. The van der Waals surface area contributed by atoms with Gasteiger partial charge in [0.15, 0.2) is 0 Å². The van der Waals surface area contributed by atoms with Crippen LogP contribution in [0.1, 0.15) is 24.3 Å². The van der Waals surface area contributed by atoms with Gasteiger partial charge in [-0.15, -0.1) is 0 Å². The largest absolute Gasteiger partial charge is 0.465 e. The molecule has 0 radical (unpaired) electrons. The second-order valence-electron chi connectivity index (χ2n) is 4.06. The Kier molecular flexibility index (Phi) is 2.94. The standard InChI is InChI=1S/C11H14N2O3/c14-11(15)12-6-3-9(4-7-12)10-2-1-5-13(16)8-10/h1-2,5,8-9H,3-4,6-7H2,(H-,14,15,16)/p+1. The summed E-state index contributed by atoms with van der Waals surface area (Å²) in [6.45, 7) is 1.14. The van der Waals surface area contributed by atoms with E-state index in [0.717, 1.165) is 23.1 Å². The Hall–Kier alpha value is -1.78. The first kappa shape index (κ1) is 10.7. The molecule has 0 spiro atoms. The SMILES string of the molecule is O=C(O)N1CCC(c2ccc[n+](O)c2)CC1. The second-order valence-corrected chi connectivity index (χ2v) is 4.06. The third kappa shape index (κ3) is 2.24. The number of carboxylic acid groups (broad SMARTS) is 1. The summed E-state index contributed by atoms with van der Waals surface area (Å²) in [5.41, 5.74) is 1.06. The van der Waals surface area contributed by atoms with Crippen LogP contribution in [0.2, 0.25) is 0 Å². The van der Waals surface area contributed by atoms with E-state index in [1.54, 1.807) is 18.5 Å². The first-order valence-corrected chi connectivity index (χ1v) is 5.35. The molecule has 0 bridgehead atoms. The molecule has 16 heavy (non-hydrogen) atoms. The van der Waals surface area contributed by atoms with Gasteiger partial charge >= 0.3 is 6.09 Å². The molecule has 2 rings (SSSR count). The van der Waals surface area contributed by atoms with Gasteiger partial charge in [-0.2, -0.15) is 0 Å². The lowest BCUT2D eigenvalue weighted by atomic mass is 9.91. The van der Waals surface area contributed by atoms with Gasteiger partial charge in [0, 0.05) is 29.4 Å². The zero-order valence-corrected chi connectivity index (χ0v) is 8.91. The van der Waals surface area contributed by atoms with Gasteiger partial charge in [0.1, 0.15) is 0 Å². The fourth-order valence-electron chi connectivity index (χ4n) is 2.13. The number of likely N-dealkylation sites (tertiary alicyclic amines) is 1. The quantitative estimate of drug-likeness (QED) is 0.553. The molecule has 1 aliphatic rings. The molecule has 1 aromatic rings. The number of hydrogen-bond acceptors (Lipinski definition) is 2. The van der Waals surface area contributed by atoms with Crippen LogP contribution in [-0.2, 0) is 0 Å². The lowest BCUT2D eigenvalue weighted by molar-refractivity contribution is -0.905. The van der Waals surface area contributed by atoms with Gasteiger partial charge in [0.25, 0.3) is 0 Å². The highest BCUT2D eigenvalue weighted by atomic mass is 16.5. The highest BCUT2D eigenvalue weighted by Gasteiger charge is 2.24. The maximum atomic E-state index is 10.7. The van der Waals surface area contributed by atoms with Crippen molar-refractivity contribution in [3.05, 3.63) is 30.1 Å². The van der Waals surface area contributed by atoms with Crippen molar-refractivity contribution in [2.75, 3.05) is 13.1 Å². The molecule has 5 nitrogen and oxygen atoms in total. The van der Waals surface area contributed by atoms with Crippen LogP contribution in [0.25, 0.3) is 0 Å². The van der Waals surface area contributed by atoms with Crippen LogP contribution in [0.3, 0.4) is 0 Å². The van der Waals surface area contributed by atoms with Crippen molar-refractivity contribution in [1.29, 1.82) is 0 Å². The van der Waals surface area contributed by atoms with E-state index in [1.165, 1.54) is 4.90 Å². The van der Waals surface area contributed by atoms with Crippen LogP contribution in [0.5, 0.6) is 0 Å². The van der Waals surface area contributed by atoms with Crippen molar-refractivity contribution in [3.8, 4) is 0 Å². The Labute approximate surface area is 93.5 Å². The number of aromatic nitrogens is 1. The zero-order valence-electron chi connectivity index (χ0n) is 8.91. The Balaban J connectivity index is 2.01. The molecule has 1 aliphatic heterocycles. The normalized spacial score (nSPS) is 17.4. The van der Waals surface area contributed by atoms with Crippen molar-refractivity contribution in [3.63, 3.8) is 0 Å². The van der Waals surface area contributed by atoms with E-state index in [2.05, 4.69) is 0 Å². The van der Waals surface area contributed by atoms with Gasteiger partial charge in [0.05, 0.1) is 0 Å². The third-order valence-electron chi connectivity index (χ3n) is 3.05. The highest BCUT2D eigenvalue weighted by Crippen LogP contribution is 2.26. The number of hydrogen-bond donors (Lipinski definition) is 2. The number of pyridine rings is 1. The van der Waals surface area contributed by atoms with Gasteiger partial charge < -0.3 is 10.0 Å². The summed E-state index contributed by atoms with van der Waals surface area (Å²) in [6.07, 6.45) is 4.03. The van der Waals surface area contributed by atoms with Crippen molar-refractivity contribution in [2.24, 2.45) is 0 Å². The van der Waals surface area contributed by atoms with E-state index >= 15 is 0 Å². The fourth-order valence-corrected chi connectivity index (χ4v) is 2.13. The predicted molar refractivity (Wildman–Crippen MR) is 55.4 cm³/mol. The summed E-state index contributed by atoms with van der Waals surface area (Å²) in [5.74, 6) is 0.343. The minimum absolute atomic E-state index is 0.343.